The Morgan fingerprint density at radius 3 is 2.62 bits per heavy atom. The largest absolute Gasteiger partial charge is 0.493 e. The Morgan fingerprint density at radius 2 is 2.05 bits per heavy atom. The first-order chi connectivity index (χ1) is 9.97. The summed E-state index contributed by atoms with van der Waals surface area (Å²) in [5.74, 6) is -0.899. The van der Waals surface area contributed by atoms with Crippen LogP contribution in [-0.2, 0) is 9.59 Å². The molecule has 0 fully saturated rings. The Bertz CT molecular complexity index is 502. The third-order valence-corrected chi connectivity index (χ3v) is 2.73. The summed E-state index contributed by atoms with van der Waals surface area (Å²) in [6.07, 6.45) is -0.0606. The van der Waals surface area contributed by atoms with Crippen molar-refractivity contribution in [1.82, 2.24) is 5.32 Å². The highest BCUT2D eigenvalue weighted by molar-refractivity contribution is 5.84. The number of hydrogen-bond acceptors (Lipinski definition) is 5. The fourth-order valence-electron chi connectivity index (χ4n) is 1.66. The number of carbonyl (C=O) groups excluding carboxylic acids is 1. The van der Waals surface area contributed by atoms with Crippen LogP contribution in [0.5, 0.6) is 11.5 Å². The predicted molar refractivity (Wildman–Crippen MR) is 74.5 cm³/mol. The molecular formula is C14H19NO6. The summed E-state index contributed by atoms with van der Waals surface area (Å²) in [5.41, 5.74) is 0.984. The Kier molecular flexibility index (Phi) is 6.48. The number of aliphatic hydroxyl groups is 1. The first-order valence-electron chi connectivity index (χ1n) is 6.38. The number of methoxy groups -OCH3 is 1. The standard InChI is InChI=1S/C14H19NO6/c1-9-3-4-11(12(7-9)20-2)21-8-13(17)15-10(5-6-16)14(18)19/h3-4,7,10,16H,5-6,8H2,1-2H3,(H,15,17)(H,18,19). The first kappa shape index (κ1) is 16.8. The molecule has 0 heterocycles. The quantitative estimate of drug-likeness (QED) is 0.639. The van der Waals surface area contributed by atoms with E-state index < -0.39 is 17.9 Å². The lowest BCUT2D eigenvalue weighted by molar-refractivity contribution is -0.142. The van der Waals surface area contributed by atoms with Gasteiger partial charge in [-0.15, -0.1) is 0 Å². The maximum Gasteiger partial charge on any atom is 0.326 e. The Morgan fingerprint density at radius 1 is 1.33 bits per heavy atom. The fourth-order valence-corrected chi connectivity index (χ4v) is 1.66. The zero-order valence-electron chi connectivity index (χ0n) is 12.0. The Balaban J connectivity index is 2.58. The smallest absolute Gasteiger partial charge is 0.326 e. The highest BCUT2D eigenvalue weighted by Gasteiger charge is 2.19. The minimum atomic E-state index is -1.20. The topological polar surface area (TPSA) is 105 Å². The molecule has 7 nitrogen and oxygen atoms in total. The minimum absolute atomic E-state index is 0.0606. The van der Waals surface area contributed by atoms with Crippen molar-refractivity contribution in [3.8, 4) is 11.5 Å². The number of amides is 1. The van der Waals surface area contributed by atoms with Crippen molar-refractivity contribution in [2.75, 3.05) is 20.3 Å². The molecule has 0 aliphatic carbocycles. The van der Waals surface area contributed by atoms with E-state index in [2.05, 4.69) is 5.32 Å². The molecule has 1 amide bonds. The summed E-state index contributed by atoms with van der Waals surface area (Å²) in [5, 5.41) is 19.9. The molecule has 1 aromatic rings. The van der Waals surface area contributed by atoms with Gasteiger partial charge in [-0.25, -0.2) is 4.79 Å². The second-order valence-corrected chi connectivity index (χ2v) is 4.41. The molecule has 1 unspecified atom stereocenters. The third kappa shape index (κ3) is 5.31. The number of benzene rings is 1. The van der Waals surface area contributed by atoms with Gasteiger partial charge in [0.15, 0.2) is 18.1 Å². The van der Waals surface area contributed by atoms with E-state index in [9.17, 15) is 9.59 Å². The van der Waals surface area contributed by atoms with Gasteiger partial charge in [-0.05, 0) is 24.6 Å². The summed E-state index contributed by atoms with van der Waals surface area (Å²) in [4.78, 5) is 22.5. The Labute approximate surface area is 122 Å². The maximum atomic E-state index is 11.7. The van der Waals surface area contributed by atoms with Crippen molar-refractivity contribution >= 4 is 11.9 Å². The second-order valence-electron chi connectivity index (χ2n) is 4.41. The molecule has 3 N–H and O–H groups in total. The molecule has 0 saturated heterocycles. The van der Waals surface area contributed by atoms with Gasteiger partial charge in [-0.2, -0.15) is 0 Å². The van der Waals surface area contributed by atoms with Crippen molar-refractivity contribution < 1.29 is 29.3 Å². The lowest BCUT2D eigenvalue weighted by Crippen LogP contribution is -2.43. The van der Waals surface area contributed by atoms with E-state index in [1.807, 2.05) is 13.0 Å². The summed E-state index contributed by atoms with van der Waals surface area (Å²) < 4.78 is 10.4. The molecule has 0 aliphatic rings. The van der Waals surface area contributed by atoms with Gasteiger partial charge in [0, 0.05) is 13.0 Å². The number of hydrogen-bond donors (Lipinski definition) is 3. The van der Waals surface area contributed by atoms with Crippen LogP contribution in [0, 0.1) is 6.92 Å². The number of carbonyl (C=O) groups is 2. The molecule has 0 aliphatic heterocycles. The van der Waals surface area contributed by atoms with E-state index in [-0.39, 0.29) is 19.6 Å². The number of carboxylic acid groups (broad SMARTS) is 1. The number of aliphatic hydroxyl groups excluding tert-OH is 1. The molecule has 1 rings (SSSR count). The maximum absolute atomic E-state index is 11.7. The van der Waals surface area contributed by atoms with E-state index in [0.29, 0.717) is 11.5 Å². The van der Waals surface area contributed by atoms with Crippen molar-refractivity contribution in [2.24, 2.45) is 0 Å². The average molecular weight is 297 g/mol. The van der Waals surface area contributed by atoms with Crippen molar-refractivity contribution in [3.05, 3.63) is 23.8 Å². The number of carboxylic acids is 1. The first-order valence-corrected chi connectivity index (χ1v) is 6.38. The van der Waals surface area contributed by atoms with Crippen LogP contribution >= 0.6 is 0 Å². The van der Waals surface area contributed by atoms with Crippen molar-refractivity contribution in [1.29, 1.82) is 0 Å². The molecule has 7 heteroatoms. The Hall–Kier alpha value is -2.28. The SMILES string of the molecule is COc1cc(C)ccc1OCC(=O)NC(CCO)C(=O)O. The van der Waals surface area contributed by atoms with Crippen molar-refractivity contribution in [3.63, 3.8) is 0 Å². The van der Waals surface area contributed by atoms with Crippen LogP contribution in [0.15, 0.2) is 18.2 Å². The lowest BCUT2D eigenvalue weighted by atomic mass is 10.2. The van der Waals surface area contributed by atoms with Crippen LogP contribution in [0.4, 0.5) is 0 Å². The van der Waals surface area contributed by atoms with Crippen LogP contribution in [0.2, 0.25) is 0 Å². The highest BCUT2D eigenvalue weighted by Crippen LogP contribution is 2.27. The molecule has 0 bridgehead atoms. The molecule has 21 heavy (non-hydrogen) atoms. The van der Waals surface area contributed by atoms with Gasteiger partial charge < -0.3 is 25.0 Å². The van der Waals surface area contributed by atoms with Crippen LogP contribution in [-0.4, -0.2) is 48.5 Å². The molecule has 0 aromatic heterocycles. The average Bonchev–Trinajstić information content (AvgIpc) is 2.45. The van der Waals surface area contributed by atoms with E-state index in [0.717, 1.165) is 5.56 Å². The summed E-state index contributed by atoms with van der Waals surface area (Å²) >= 11 is 0. The zero-order chi connectivity index (χ0) is 15.8. The number of aryl methyl sites for hydroxylation is 1. The lowest BCUT2D eigenvalue weighted by Gasteiger charge is -2.14. The van der Waals surface area contributed by atoms with Crippen LogP contribution in [0.25, 0.3) is 0 Å². The number of nitrogens with one attached hydrogen (secondary N) is 1. The van der Waals surface area contributed by atoms with Gasteiger partial charge in [0.05, 0.1) is 7.11 Å². The molecule has 1 aromatic carbocycles. The van der Waals surface area contributed by atoms with Gasteiger partial charge in [0.1, 0.15) is 6.04 Å². The monoisotopic (exact) mass is 297 g/mol. The van der Waals surface area contributed by atoms with Crippen molar-refractivity contribution in [2.45, 2.75) is 19.4 Å². The number of ether oxygens (including phenoxy) is 2. The number of rotatable bonds is 8. The van der Waals surface area contributed by atoms with Crippen LogP contribution < -0.4 is 14.8 Å². The molecule has 0 spiro atoms. The summed E-state index contributed by atoms with van der Waals surface area (Å²) in [6.45, 7) is 1.23. The van der Waals surface area contributed by atoms with Crippen LogP contribution in [0.3, 0.4) is 0 Å². The van der Waals surface area contributed by atoms with Gasteiger partial charge in [0.2, 0.25) is 0 Å². The second kappa shape index (κ2) is 8.11. The molecule has 0 saturated carbocycles. The normalized spacial score (nSPS) is 11.6. The molecule has 1 atom stereocenters. The van der Waals surface area contributed by atoms with Crippen LogP contribution in [0.1, 0.15) is 12.0 Å². The summed E-state index contributed by atoms with van der Waals surface area (Å²) in [7, 11) is 1.49. The van der Waals surface area contributed by atoms with E-state index >= 15 is 0 Å². The van der Waals surface area contributed by atoms with E-state index in [1.165, 1.54) is 7.11 Å². The fraction of sp³-hybridized carbons (Fsp3) is 0.429. The van der Waals surface area contributed by atoms with E-state index in [1.54, 1.807) is 12.1 Å². The van der Waals surface area contributed by atoms with E-state index in [4.69, 9.17) is 19.7 Å². The molecule has 0 radical (unpaired) electrons. The molecule has 116 valence electrons. The predicted octanol–water partition coefficient (Wildman–Crippen LogP) is 0.334. The third-order valence-electron chi connectivity index (χ3n) is 2.73. The molecular weight excluding hydrogens is 278 g/mol. The van der Waals surface area contributed by atoms with Gasteiger partial charge in [0.25, 0.3) is 5.91 Å². The van der Waals surface area contributed by atoms with Gasteiger partial charge in [-0.1, -0.05) is 6.07 Å². The zero-order valence-corrected chi connectivity index (χ0v) is 12.0. The van der Waals surface area contributed by atoms with Gasteiger partial charge >= 0.3 is 5.97 Å². The number of aliphatic carboxylic acids is 1. The summed E-state index contributed by atoms with van der Waals surface area (Å²) in [6, 6.07) is 4.11. The highest BCUT2D eigenvalue weighted by atomic mass is 16.5. The minimum Gasteiger partial charge on any atom is -0.493 e. The van der Waals surface area contributed by atoms with Gasteiger partial charge in [-0.3, -0.25) is 4.79 Å².